The normalized spacial score (nSPS) is 17.2. The summed E-state index contributed by atoms with van der Waals surface area (Å²) < 4.78 is 22.8. The second kappa shape index (κ2) is 4.84. The smallest absolute Gasteiger partial charge is 0.175 e. The van der Waals surface area contributed by atoms with Crippen molar-refractivity contribution in [1.82, 2.24) is 0 Å². The van der Waals surface area contributed by atoms with Crippen molar-refractivity contribution < 1.29 is 13.7 Å². The second-order valence-electron chi connectivity index (χ2n) is 4.24. The first kappa shape index (κ1) is 12.7. The molecule has 1 aliphatic heterocycles. The molecule has 1 aromatic carbocycles. The van der Waals surface area contributed by atoms with Crippen LogP contribution in [0.4, 0.5) is 5.69 Å². The maximum atomic E-state index is 11.4. The Labute approximate surface area is 106 Å². The van der Waals surface area contributed by atoms with Crippen LogP contribution in [0.5, 0.6) is 0 Å². The summed E-state index contributed by atoms with van der Waals surface area (Å²) in [6.45, 7) is 3.98. The molecule has 0 aromatic heterocycles. The molecule has 0 bridgehead atoms. The van der Waals surface area contributed by atoms with E-state index in [0.717, 1.165) is 31.9 Å². The van der Waals surface area contributed by atoms with Gasteiger partial charge < -0.3 is 10.2 Å². The summed E-state index contributed by atoms with van der Waals surface area (Å²) in [5.41, 5.74) is 0.923. The second-order valence-corrected chi connectivity index (χ2v) is 6.66. The molecule has 0 atom stereocenters. The van der Waals surface area contributed by atoms with Crippen molar-refractivity contribution in [2.75, 3.05) is 37.3 Å². The fraction of sp³-hybridized carbons (Fsp3) is 0.455. The first-order chi connectivity index (χ1) is 7.98. The number of quaternary nitrogens is 1. The summed E-state index contributed by atoms with van der Waals surface area (Å²) in [6, 6.07) is 4.95. The number of nitrogens with two attached hydrogens (primary N) is 1. The van der Waals surface area contributed by atoms with Crippen molar-refractivity contribution in [3.05, 3.63) is 23.2 Å². The lowest BCUT2D eigenvalue weighted by molar-refractivity contribution is -0.655. The van der Waals surface area contributed by atoms with Crippen LogP contribution in [0, 0.1) is 0 Å². The minimum atomic E-state index is -3.18. The fourth-order valence-corrected chi connectivity index (χ4v) is 2.98. The molecular formula is C11H16ClN2O2S+. The highest BCUT2D eigenvalue weighted by Gasteiger charge is 2.17. The molecule has 2 rings (SSSR count). The zero-order valence-corrected chi connectivity index (χ0v) is 11.3. The zero-order chi connectivity index (χ0) is 12.5. The Bertz CT molecular complexity index is 510. The van der Waals surface area contributed by atoms with Crippen LogP contribution in [-0.4, -0.2) is 40.9 Å². The van der Waals surface area contributed by atoms with Gasteiger partial charge in [-0.25, -0.2) is 8.42 Å². The lowest BCUT2D eigenvalue weighted by atomic mass is 10.2. The van der Waals surface area contributed by atoms with Crippen LogP contribution in [0.15, 0.2) is 23.1 Å². The molecule has 0 aliphatic carbocycles. The number of anilines is 1. The molecule has 0 radical (unpaired) electrons. The van der Waals surface area contributed by atoms with Gasteiger partial charge in [-0.3, -0.25) is 0 Å². The van der Waals surface area contributed by atoms with E-state index in [0.29, 0.717) is 5.02 Å². The van der Waals surface area contributed by atoms with Gasteiger partial charge in [0.15, 0.2) is 9.84 Å². The summed E-state index contributed by atoms with van der Waals surface area (Å²) in [5.74, 6) is 0. The molecule has 1 fully saturated rings. The number of hydrogen-bond donors (Lipinski definition) is 1. The summed E-state index contributed by atoms with van der Waals surface area (Å²) in [4.78, 5) is 2.46. The van der Waals surface area contributed by atoms with Gasteiger partial charge in [0.05, 0.1) is 41.8 Å². The van der Waals surface area contributed by atoms with E-state index < -0.39 is 9.84 Å². The van der Waals surface area contributed by atoms with Gasteiger partial charge in [0.25, 0.3) is 0 Å². The first-order valence-corrected chi connectivity index (χ1v) is 7.81. The largest absolute Gasteiger partial charge is 0.359 e. The molecule has 2 N–H and O–H groups in total. The molecule has 17 heavy (non-hydrogen) atoms. The number of piperazine rings is 1. The Balaban J connectivity index is 2.31. The van der Waals surface area contributed by atoms with E-state index in [1.165, 1.54) is 12.3 Å². The monoisotopic (exact) mass is 275 g/mol. The Hall–Kier alpha value is -0.780. The lowest BCUT2D eigenvalue weighted by Crippen LogP contribution is -2.89. The third-order valence-corrected chi connectivity index (χ3v) is 4.31. The molecule has 0 amide bonds. The van der Waals surface area contributed by atoms with Crippen LogP contribution in [0.25, 0.3) is 0 Å². The maximum Gasteiger partial charge on any atom is 0.175 e. The number of halogens is 1. The molecule has 1 aliphatic rings. The number of sulfone groups is 1. The highest BCUT2D eigenvalue weighted by molar-refractivity contribution is 7.90. The number of rotatable bonds is 2. The third kappa shape index (κ3) is 2.91. The van der Waals surface area contributed by atoms with Crippen LogP contribution in [-0.2, 0) is 9.84 Å². The quantitative estimate of drug-likeness (QED) is 0.835. The van der Waals surface area contributed by atoms with Crippen molar-refractivity contribution in [3.63, 3.8) is 0 Å². The molecule has 0 unspecified atom stereocenters. The van der Waals surface area contributed by atoms with Gasteiger partial charge in [0.2, 0.25) is 0 Å². The zero-order valence-electron chi connectivity index (χ0n) is 9.69. The Morgan fingerprint density at radius 2 is 1.94 bits per heavy atom. The van der Waals surface area contributed by atoms with Gasteiger partial charge in [-0.15, -0.1) is 0 Å². The average Bonchev–Trinajstić information content (AvgIpc) is 2.29. The molecule has 0 spiro atoms. The van der Waals surface area contributed by atoms with E-state index in [2.05, 4.69) is 10.2 Å². The van der Waals surface area contributed by atoms with Gasteiger partial charge >= 0.3 is 0 Å². The van der Waals surface area contributed by atoms with E-state index >= 15 is 0 Å². The van der Waals surface area contributed by atoms with Gasteiger partial charge in [0, 0.05) is 6.26 Å². The van der Waals surface area contributed by atoms with Gasteiger partial charge in [-0.05, 0) is 18.2 Å². The van der Waals surface area contributed by atoms with E-state index in [9.17, 15) is 8.42 Å². The first-order valence-electron chi connectivity index (χ1n) is 5.55. The summed E-state index contributed by atoms with van der Waals surface area (Å²) in [5, 5.41) is 2.77. The minimum Gasteiger partial charge on any atom is -0.359 e. The standard InChI is InChI=1S/C11H15ClN2O2S/c1-17(15,16)9-2-3-11(10(12)8-9)14-6-4-13-5-7-14/h2-3,8,13H,4-7H2,1H3/p+1. The van der Waals surface area contributed by atoms with Crippen LogP contribution in [0.2, 0.25) is 5.02 Å². The van der Waals surface area contributed by atoms with Crippen LogP contribution < -0.4 is 10.2 Å². The van der Waals surface area contributed by atoms with E-state index in [1.54, 1.807) is 12.1 Å². The van der Waals surface area contributed by atoms with Crippen LogP contribution in [0.1, 0.15) is 0 Å². The summed E-state index contributed by atoms with van der Waals surface area (Å²) in [6.07, 6.45) is 1.19. The van der Waals surface area contributed by atoms with Crippen LogP contribution in [0.3, 0.4) is 0 Å². The summed E-state index contributed by atoms with van der Waals surface area (Å²) >= 11 is 6.15. The van der Waals surface area contributed by atoms with Crippen molar-refractivity contribution >= 4 is 27.1 Å². The highest BCUT2D eigenvalue weighted by Crippen LogP contribution is 2.28. The molecule has 1 saturated heterocycles. The van der Waals surface area contributed by atoms with Gasteiger partial charge in [0.1, 0.15) is 0 Å². The Morgan fingerprint density at radius 3 is 2.47 bits per heavy atom. The van der Waals surface area contributed by atoms with E-state index in [-0.39, 0.29) is 4.90 Å². The Morgan fingerprint density at radius 1 is 1.29 bits per heavy atom. The molecule has 1 aromatic rings. The predicted molar refractivity (Wildman–Crippen MR) is 68.4 cm³/mol. The molecule has 1 heterocycles. The molecule has 0 saturated carbocycles. The SMILES string of the molecule is CS(=O)(=O)c1ccc(N2CC[NH2+]CC2)c(Cl)c1. The predicted octanol–water partition coefficient (Wildman–Crippen LogP) is 0.127. The van der Waals surface area contributed by atoms with E-state index in [1.807, 2.05) is 0 Å². The van der Waals surface area contributed by atoms with Crippen molar-refractivity contribution in [1.29, 1.82) is 0 Å². The molecular weight excluding hydrogens is 260 g/mol. The molecule has 94 valence electrons. The van der Waals surface area contributed by atoms with Crippen LogP contribution >= 0.6 is 11.6 Å². The van der Waals surface area contributed by atoms with Gasteiger partial charge in [-0.2, -0.15) is 0 Å². The number of hydrogen-bond acceptors (Lipinski definition) is 3. The Kier molecular flexibility index (Phi) is 3.61. The average molecular weight is 276 g/mol. The number of nitrogens with zero attached hydrogens (tertiary/aromatic N) is 1. The third-order valence-electron chi connectivity index (χ3n) is 2.89. The topological polar surface area (TPSA) is 54.0 Å². The van der Waals surface area contributed by atoms with Gasteiger partial charge in [-0.1, -0.05) is 11.6 Å². The van der Waals surface area contributed by atoms with Crippen molar-refractivity contribution in [2.45, 2.75) is 4.90 Å². The molecule has 4 nitrogen and oxygen atoms in total. The summed E-state index contributed by atoms with van der Waals surface area (Å²) in [7, 11) is -3.18. The maximum absolute atomic E-state index is 11.4. The number of benzene rings is 1. The van der Waals surface area contributed by atoms with Crippen molar-refractivity contribution in [3.8, 4) is 0 Å². The fourth-order valence-electron chi connectivity index (χ4n) is 1.97. The molecule has 6 heteroatoms. The lowest BCUT2D eigenvalue weighted by Gasteiger charge is -2.28. The van der Waals surface area contributed by atoms with E-state index in [4.69, 9.17) is 11.6 Å². The minimum absolute atomic E-state index is 0.273. The van der Waals surface area contributed by atoms with Crippen molar-refractivity contribution in [2.24, 2.45) is 0 Å². The highest BCUT2D eigenvalue weighted by atomic mass is 35.5.